The fourth-order valence-electron chi connectivity index (χ4n) is 2.18. The van der Waals surface area contributed by atoms with Crippen LogP contribution in [0.25, 0.3) is 0 Å². The van der Waals surface area contributed by atoms with Crippen LogP contribution in [0.2, 0.25) is 0 Å². The van der Waals surface area contributed by atoms with E-state index in [1.807, 2.05) is 12.4 Å². The molecule has 5 nitrogen and oxygen atoms in total. The monoisotopic (exact) mass is 270 g/mol. The molecule has 2 heterocycles. The van der Waals surface area contributed by atoms with Crippen molar-refractivity contribution in [1.29, 1.82) is 0 Å². The Hall–Kier alpha value is -1.14. The van der Waals surface area contributed by atoms with Crippen molar-refractivity contribution >= 4 is 22.4 Å². The number of likely N-dealkylation sites (N-methyl/N-ethyl adjacent to an activating group) is 1. The second kappa shape index (κ2) is 5.67. The van der Waals surface area contributed by atoms with Crippen LogP contribution in [0.3, 0.4) is 0 Å². The summed E-state index contributed by atoms with van der Waals surface area (Å²) < 4.78 is 5.55. The molecule has 1 fully saturated rings. The lowest BCUT2D eigenvalue weighted by molar-refractivity contribution is -0.136. The average Bonchev–Trinajstić information content (AvgIpc) is 2.94. The van der Waals surface area contributed by atoms with E-state index in [1.165, 1.54) is 0 Å². The summed E-state index contributed by atoms with van der Waals surface area (Å²) in [7, 11) is 2.02. The van der Waals surface area contributed by atoms with Gasteiger partial charge in [-0.2, -0.15) is 0 Å². The quantitative estimate of drug-likeness (QED) is 0.883. The Labute approximate surface area is 110 Å². The highest BCUT2D eigenvalue weighted by Gasteiger charge is 2.29. The zero-order valence-electron chi connectivity index (χ0n) is 10.6. The molecule has 2 unspecified atom stereocenters. The molecule has 1 N–H and O–H groups in total. The lowest BCUT2D eigenvalue weighted by Crippen LogP contribution is -2.36. The second-order valence-electron chi connectivity index (χ2n) is 4.56. The molecule has 6 heteroatoms. The molecule has 1 aliphatic rings. The summed E-state index contributed by atoms with van der Waals surface area (Å²) in [6.45, 7) is 2.88. The van der Waals surface area contributed by atoms with Gasteiger partial charge in [-0.25, -0.2) is 4.98 Å². The summed E-state index contributed by atoms with van der Waals surface area (Å²) >= 11 is 1.56. The number of carboxylic acids is 1. The predicted molar refractivity (Wildman–Crippen MR) is 70.3 cm³/mol. The van der Waals surface area contributed by atoms with Crippen molar-refractivity contribution < 1.29 is 14.6 Å². The van der Waals surface area contributed by atoms with E-state index in [0.29, 0.717) is 12.5 Å². The first-order valence-corrected chi connectivity index (χ1v) is 6.96. The molecule has 2 rings (SSSR count). The maximum Gasteiger partial charge on any atom is 0.303 e. The van der Waals surface area contributed by atoms with Crippen molar-refractivity contribution in [2.45, 2.75) is 38.3 Å². The van der Waals surface area contributed by atoms with Crippen LogP contribution in [0.1, 0.15) is 25.5 Å². The highest BCUT2D eigenvalue weighted by Crippen LogP contribution is 2.27. The third-order valence-corrected chi connectivity index (χ3v) is 4.25. The lowest BCUT2D eigenvalue weighted by atomic mass is 10.1. The number of aryl methyl sites for hydroxylation is 1. The van der Waals surface area contributed by atoms with Crippen molar-refractivity contribution in [3.05, 3.63) is 11.1 Å². The van der Waals surface area contributed by atoms with Crippen LogP contribution in [-0.2, 0) is 16.0 Å². The Balaban J connectivity index is 1.98. The minimum absolute atomic E-state index is 0.135. The van der Waals surface area contributed by atoms with Crippen LogP contribution in [0, 0.1) is 0 Å². The lowest BCUT2D eigenvalue weighted by Gasteiger charge is -2.26. The van der Waals surface area contributed by atoms with Crippen LogP contribution in [-0.4, -0.2) is 41.9 Å². The van der Waals surface area contributed by atoms with E-state index in [9.17, 15) is 4.79 Å². The number of hydrogen-bond donors (Lipinski definition) is 1. The molecule has 1 saturated heterocycles. The molecule has 1 aliphatic heterocycles. The van der Waals surface area contributed by atoms with E-state index in [1.54, 1.807) is 11.3 Å². The van der Waals surface area contributed by atoms with E-state index in [0.717, 1.165) is 23.9 Å². The number of ether oxygens (including phenoxy) is 1. The number of rotatable bonds is 5. The van der Waals surface area contributed by atoms with Crippen molar-refractivity contribution in [3.8, 4) is 0 Å². The molecule has 0 spiro atoms. The molecular weight excluding hydrogens is 252 g/mol. The third kappa shape index (κ3) is 3.00. The Morgan fingerprint density at radius 1 is 1.72 bits per heavy atom. The highest BCUT2D eigenvalue weighted by molar-refractivity contribution is 7.13. The van der Waals surface area contributed by atoms with Crippen LogP contribution >= 0.6 is 11.3 Å². The van der Waals surface area contributed by atoms with Gasteiger partial charge in [-0.15, -0.1) is 11.3 Å². The number of thiazole rings is 1. The highest BCUT2D eigenvalue weighted by atomic mass is 32.1. The largest absolute Gasteiger partial charge is 0.481 e. The van der Waals surface area contributed by atoms with Gasteiger partial charge in [0.2, 0.25) is 0 Å². The van der Waals surface area contributed by atoms with E-state index in [2.05, 4.69) is 16.8 Å². The van der Waals surface area contributed by atoms with Gasteiger partial charge >= 0.3 is 5.97 Å². The summed E-state index contributed by atoms with van der Waals surface area (Å²) in [5.74, 6) is -0.782. The molecule has 1 aromatic heterocycles. The van der Waals surface area contributed by atoms with Gasteiger partial charge < -0.3 is 14.7 Å². The summed E-state index contributed by atoms with van der Waals surface area (Å²) in [6, 6.07) is 0.364. The average molecular weight is 270 g/mol. The Morgan fingerprint density at radius 2 is 2.50 bits per heavy atom. The molecule has 100 valence electrons. The van der Waals surface area contributed by atoms with Crippen LogP contribution in [0.5, 0.6) is 0 Å². The molecule has 0 amide bonds. The molecule has 0 radical (unpaired) electrons. The number of aliphatic carboxylic acids is 1. The molecule has 1 aromatic rings. The number of carbonyl (C=O) groups is 1. The van der Waals surface area contributed by atoms with Gasteiger partial charge in [0, 0.05) is 25.5 Å². The maximum atomic E-state index is 10.5. The summed E-state index contributed by atoms with van der Waals surface area (Å²) in [6.07, 6.45) is 1.87. The number of nitrogens with zero attached hydrogens (tertiary/aromatic N) is 2. The zero-order chi connectivity index (χ0) is 13.1. The van der Waals surface area contributed by atoms with E-state index < -0.39 is 5.97 Å². The number of hydrogen-bond acceptors (Lipinski definition) is 5. The summed E-state index contributed by atoms with van der Waals surface area (Å²) in [5.41, 5.74) is 0.857. The summed E-state index contributed by atoms with van der Waals surface area (Å²) in [4.78, 5) is 17.1. The number of carboxylic acid groups (broad SMARTS) is 1. The Bertz CT molecular complexity index is 421. The molecule has 0 aliphatic carbocycles. The summed E-state index contributed by atoms with van der Waals surface area (Å²) in [5, 5.41) is 11.5. The molecule has 0 bridgehead atoms. The molecule has 2 atom stereocenters. The van der Waals surface area contributed by atoms with Gasteiger partial charge in [0.05, 0.1) is 24.3 Å². The molecule has 0 aromatic carbocycles. The van der Waals surface area contributed by atoms with Gasteiger partial charge in [-0.1, -0.05) is 0 Å². The van der Waals surface area contributed by atoms with Crippen LogP contribution in [0.15, 0.2) is 5.38 Å². The minimum Gasteiger partial charge on any atom is -0.481 e. The fourth-order valence-corrected chi connectivity index (χ4v) is 3.06. The first-order chi connectivity index (χ1) is 8.58. The predicted octanol–water partition coefficient (Wildman–Crippen LogP) is 1.77. The Morgan fingerprint density at radius 3 is 3.11 bits per heavy atom. The number of anilines is 1. The Kier molecular flexibility index (Phi) is 4.19. The van der Waals surface area contributed by atoms with Crippen molar-refractivity contribution in [3.63, 3.8) is 0 Å². The number of aromatic nitrogens is 1. The van der Waals surface area contributed by atoms with Gasteiger partial charge in [0.1, 0.15) is 0 Å². The zero-order valence-corrected chi connectivity index (χ0v) is 11.4. The SMILES string of the molecule is CC1OCCC1N(C)c1nc(CCC(=O)O)cs1. The second-order valence-corrected chi connectivity index (χ2v) is 5.39. The van der Waals surface area contributed by atoms with Gasteiger partial charge in [0.15, 0.2) is 5.13 Å². The topological polar surface area (TPSA) is 62.7 Å². The minimum atomic E-state index is -0.782. The van der Waals surface area contributed by atoms with Crippen LogP contribution < -0.4 is 4.90 Å². The third-order valence-electron chi connectivity index (χ3n) is 3.27. The normalized spacial score (nSPS) is 23.2. The van der Waals surface area contributed by atoms with E-state index in [-0.39, 0.29) is 12.5 Å². The van der Waals surface area contributed by atoms with E-state index in [4.69, 9.17) is 9.84 Å². The first kappa shape index (κ1) is 13.3. The van der Waals surface area contributed by atoms with Crippen molar-refractivity contribution in [2.24, 2.45) is 0 Å². The van der Waals surface area contributed by atoms with Gasteiger partial charge in [0.25, 0.3) is 0 Å². The van der Waals surface area contributed by atoms with Crippen molar-refractivity contribution in [2.75, 3.05) is 18.6 Å². The van der Waals surface area contributed by atoms with E-state index >= 15 is 0 Å². The molecular formula is C12H18N2O3S. The smallest absolute Gasteiger partial charge is 0.303 e. The van der Waals surface area contributed by atoms with Gasteiger partial charge in [-0.3, -0.25) is 4.79 Å². The standard InChI is InChI=1S/C12H18N2O3S/c1-8-10(5-6-17-8)14(2)12-13-9(7-18-12)3-4-11(15)16/h7-8,10H,3-6H2,1-2H3,(H,15,16). The van der Waals surface area contributed by atoms with Crippen molar-refractivity contribution in [1.82, 2.24) is 4.98 Å². The van der Waals surface area contributed by atoms with Gasteiger partial charge in [-0.05, 0) is 13.3 Å². The molecule has 0 saturated carbocycles. The molecule has 18 heavy (non-hydrogen) atoms. The van der Waals surface area contributed by atoms with Crippen LogP contribution in [0.4, 0.5) is 5.13 Å². The maximum absolute atomic E-state index is 10.5. The fraction of sp³-hybridized carbons (Fsp3) is 0.667. The first-order valence-electron chi connectivity index (χ1n) is 6.08.